The molecule has 3 nitrogen and oxygen atoms in total. The molecular weight excluding hydrogens is 252 g/mol. The first-order valence-corrected chi connectivity index (χ1v) is 7.10. The van der Waals surface area contributed by atoms with Gasteiger partial charge in [0.1, 0.15) is 0 Å². The normalized spacial score (nSPS) is 18.9. The number of benzene rings is 2. The largest absolute Gasteiger partial charge is 0.436 e. The summed E-state index contributed by atoms with van der Waals surface area (Å²) in [4.78, 5) is 11.9. The third kappa shape index (κ3) is 3.17. The van der Waals surface area contributed by atoms with Gasteiger partial charge in [0.05, 0.1) is 13.0 Å². The van der Waals surface area contributed by atoms with Crippen LogP contribution in [-0.4, -0.2) is 18.9 Å². The first kappa shape index (κ1) is 13.1. The Balaban J connectivity index is 1.64. The van der Waals surface area contributed by atoms with Crippen LogP contribution in [0.5, 0.6) is 0 Å². The van der Waals surface area contributed by atoms with Gasteiger partial charge in [-0.3, -0.25) is 4.79 Å². The first-order chi connectivity index (χ1) is 9.81. The zero-order valence-electron chi connectivity index (χ0n) is 11.4. The van der Waals surface area contributed by atoms with Gasteiger partial charge in [-0.05, 0) is 29.2 Å². The lowest BCUT2D eigenvalue weighted by atomic mass is 10.1. The molecule has 1 heterocycles. The molecule has 20 heavy (non-hydrogen) atoms. The van der Waals surface area contributed by atoms with Gasteiger partial charge < -0.3 is 9.47 Å². The summed E-state index contributed by atoms with van der Waals surface area (Å²) in [6.07, 6.45) is 2.87. The standard InChI is InChI=1S/C17H18O3/c18-16(20-17-7-3-4-10-19-17)12-13-8-9-14-5-1-2-6-15(14)11-13/h1-2,5-6,8-9,11,17H,3-4,7,10,12H2. The zero-order chi connectivity index (χ0) is 13.8. The molecule has 0 amide bonds. The van der Waals surface area contributed by atoms with Crippen molar-refractivity contribution in [1.29, 1.82) is 0 Å². The van der Waals surface area contributed by atoms with E-state index < -0.39 is 0 Å². The summed E-state index contributed by atoms with van der Waals surface area (Å²) in [5, 5.41) is 2.33. The summed E-state index contributed by atoms with van der Waals surface area (Å²) in [6, 6.07) is 14.2. The van der Waals surface area contributed by atoms with Gasteiger partial charge in [0.15, 0.2) is 0 Å². The average molecular weight is 270 g/mol. The molecule has 104 valence electrons. The van der Waals surface area contributed by atoms with Gasteiger partial charge in [-0.1, -0.05) is 42.5 Å². The molecular formula is C17H18O3. The molecule has 3 rings (SSSR count). The van der Waals surface area contributed by atoms with Crippen molar-refractivity contribution in [3.8, 4) is 0 Å². The number of hydrogen-bond donors (Lipinski definition) is 0. The average Bonchev–Trinajstić information content (AvgIpc) is 2.48. The highest BCUT2D eigenvalue weighted by atomic mass is 16.7. The Morgan fingerprint density at radius 2 is 2.00 bits per heavy atom. The molecule has 0 N–H and O–H groups in total. The van der Waals surface area contributed by atoms with Gasteiger partial charge >= 0.3 is 5.97 Å². The monoisotopic (exact) mass is 270 g/mol. The smallest absolute Gasteiger partial charge is 0.312 e. The van der Waals surface area contributed by atoms with E-state index in [0.717, 1.165) is 30.2 Å². The van der Waals surface area contributed by atoms with Crippen molar-refractivity contribution in [3.63, 3.8) is 0 Å². The molecule has 0 saturated carbocycles. The summed E-state index contributed by atoms with van der Waals surface area (Å²) in [5.41, 5.74) is 0.976. The number of rotatable bonds is 3. The second-order valence-electron chi connectivity index (χ2n) is 5.14. The fourth-order valence-electron chi connectivity index (χ4n) is 2.51. The van der Waals surface area contributed by atoms with Crippen LogP contribution in [0.4, 0.5) is 0 Å². The van der Waals surface area contributed by atoms with Crippen LogP contribution in [0, 0.1) is 0 Å². The maximum absolute atomic E-state index is 11.9. The lowest BCUT2D eigenvalue weighted by Gasteiger charge is -2.22. The van der Waals surface area contributed by atoms with Crippen molar-refractivity contribution in [2.45, 2.75) is 32.0 Å². The number of hydrogen-bond acceptors (Lipinski definition) is 3. The molecule has 1 aliphatic heterocycles. The van der Waals surface area contributed by atoms with Gasteiger partial charge in [-0.15, -0.1) is 0 Å². The Morgan fingerprint density at radius 1 is 1.15 bits per heavy atom. The number of ether oxygens (including phenoxy) is 2. The Bertz CT molecular complexity index is 600. The van der Waals surface area contributed by atoms with Crippen LogP contribution in [-0.2, 0) is 20.7 Å². The maximum Gasteiger partial charge on any atom is 0.312 e. The molecule has 0 aromatic heterocycles. The van der Waals surface area contributed by atoms with E-state index in [1.54, 1.807) is 0 Å². The highest BCUT2D eigenvalue weighted by molar-refractivity contribution is 5.84. The molecule has 0 aliphatic carbocycles. The van der Waals surface area contributed by atoms with Crippen molar-refractivity contribution in [2.24, 2.45) is 0 Å². The van der Waals surface area contributed by atoms with Crippen molar-refractivity contribution < 1.29 is 14.3 Å². The predicted molar refractivity (Wildman–Crippen MR) is 77.3 cm³/mol. The van der Waals surface area contributed by atoms with E-state index in [1.807, 2.05) is 30.3 Å². The molecule has 1 fully saturated rings. The van der Waals surface area contributed by atoms with Gasteiger partial charge in [-0.25, -0.2) is 0 Å². The van der Waals surface area contributed by atoms with Crippen LogP contribution in [0.2, 0.25) is 0 Å². The molecule has 2 aromatic rings. The molecule has 1 saturated heterocycles. The Morgan fingerprint density at radius 3 is 2.80 bits per heavy atom. The van der Waals surface area contributed by atoms with Crippen LogP contribution in [0.3, 0.4) is 0 Å². The van der Waals surface area contributed by atoms with Crippen LogP contribution < -0.4 is 0 Å². The topological polar surface area (TPSA) is 35.5 Å². The first-order valence-electron chi connectivity index (χ1n) is 7.10. The predicted octanol–water partition coefficient (Wildman–Crippen LogP) is 3.45. The van der Waals surface area contributed by atoms with Crippen LogP contribution >= 0.6 is 0 Å². The molecule has 0 bridgehead atoms. The highest BCUT2D eigenvalue weighted by Gasteiger charge is 2.18. The van der Waals surface area contributed by atoms with Gasteiger partial charge in [0.2, 0.25) is 6.29 Å². The summed E-state index contributed by atoms with van der Waals surface area (Å²) in [5.74, 6) is -0.216. The molecule has 2 aromatic carbocycles. The quantitative estimate of drug-likeness (QED) is 0.801. The number of fused-ring (bicyclic) bond motifs is 1. The summed E-state index contributed by atoms with van der Waals surface area (Å²) in [6.45, 7) is 0.688. The van der Waals surface area contributed by atoms with Crippen molar-refractivity contribution in [2.75, 3.05) is 6.61 Å². The van der Waals surface area contributed by atoms with E-state index in [1.165, 1.54) is 5.39 Å². The minimum atomic E-state index is -0.350. The Labute approximate surface area is 118 Å². The molecule has 0 spiro atoms. The second-order valence-corrected chi connectivity index (χ2v) is 5.14. The minimum Gasteiger partial charge on any atom is -0.436 e. The highest BCUT2D eigenvalue weighted by Crippen LogP contribution is 2.18. The molecule has 1 atom stereocenters. The van der Waals surface area contributed by atoms with Gasteiger partial charge in [0, 0.05) is 6.42 Å². The molecule has 1 unspecified atom stereocenters. The van der Waals surface area contributed by atoms with E-state index in [4.69, 9.17) is 9.47 Å². The van der Waals surface area contributed by atoms with Crippen molar-refractivity contribution in [3.05, 3.63) is 48.0 Å². The number of carbonyl (C=O) groups is 1. The van der Waals surface area contributed by atoms with Crippen LogP contribution in [0.1, 0.15) is 24.8 Å². The van der Waals surface area contributed by atoms with Crippen LogP contribution in [0.25, 0.3) is 10.8 Å². The van der Waals surface area contributed by atoms with Crippen molar-refractivity contribution >= 4 is 16.7 Å². The Hall–Kier alpha value is -1.87. The summed E-state index contributed by atoms with van der Waals surface area (Å²) < 4.78 is 10.8. The Kier molecular flexibility index (Phi) is 3.97. The van der Waals surface area contributed by atoms with E-state index in [-0.39, 0.29) is 12.3 Å². The second kappa shape index (κ2) is 6.06. The van der Waals surface area contributed by atoms with Gasteiger partial charge in [0.25, 0.3) is 0 Å². The van der Waals surface area contributed by atoms with E-state index in [0.29, 0.717) is 13.0 Å². The fourth-order valence-corrected chi connectivity index (χ4v) is 2.51. The molecule has 3 heteroatoms. The van der Waals surface area contributed by atoms with Crippen LogP contribution in [0.15, 0.2) is 42.5 Å². The number of carbonyl (C=O) groups excluding carboxylic acids is 1. The summed E-state index contributed by atoms with van der Waals surface area (Å²) >= 11 is 0. The lowest BCUT2D eigenvalue weighted by Crippen LogP contribution is -2.26. The van der Waals surface area contributed by atoms with E-state index in [9.17, 15) is 4.79 Å². The third-order valence-corrected chi connectivity index (χ3v) is 3.56. The fraction of sp³-hybridized carbons (Fsp3) is 0.353. The maximum atomic E-state index is 11.9. The number of esters is 1. The third-order valence-electron chi connectivity index (χ3n) is 3.56. The van der Waals surface area contributed by atoms with Gasteiger partial charge in [-0.2, -0.15) is 0 Å². The van der Waals surface area contributed by atoms with Crippen molar-refractivity contribution in [1.82, 2.24) is 0 Å². The van der Waals surface area contributed by atoms with E-state index in [2.05, 4.69) is 12.1 Å². The SMILES string of the molecule is O=C(Cc1ccc2ccccc2c1)OC1CCCCO1. The molecule has 0 radical (unpaired) electrons. The minimum absolute atomic E-state index is 0.216. The van der Waals surface area contributed by atoms with E-state index >= 15 is 0 Å². The molecule has 1 aliphatic rings. The summed E-state index contributed by atoms with van der Waals surface area (Å²) in [7, 11) is 0. The lowest BCUT2D eigenvalue weighted by molar-refractivity contribution is -0.185. The zero-order valence-corrected chi connectivity index (χ0v) is 11.4.